The minimum Gasteiger partial charge on any atom is -0.369 e. The Hall–Kier alpha value is -1.40. The summed E-state index contributed by atoms with van der Waals surface area (Å²) in [5.41, 5.74) is 0.259. The van der Waals surface area contributed by atoms with E-state index in [0.29, 0.717) is 16.1 Å². The summed E-state index contributed by atoms with van der Waals surface area (Å²) in [5.74, 6) is 0.592. The van der Waals surface area contributed by atoms with Gasteiger partial charge in [0.2, 0.25) is 0 Å². The quantitative estimate of drug-likeness (QED) is 0.871. The van der Waals surface area contributed by atoms with Crippen molar-refractivity contribution < 1.29 is 4.39 Å². The Balaban J connectivity index is 2.33. The Morgan fingerprint density at radius 2 is 2.05 bits per heavy atom. The molecule has 0 bridgehead atoms. The maximum Gasteiger partial charge on any atom is 0.165 e. The van der Waals surface area contributed by atoms with Gasteiger partial charge in [-0.2, -0.15) is 0 Å². The molecule has 19 heavy (non-hydrogen) atoms. The van der Waals surface area contributed by atoms with Crippen molar-refractivity contribution >= 4 is 44.9 Å². The number of nitrogens with one attached hydrogen (secondary N) is 2. The molecule has 4 nitrogen and oxygen atoms in total. The summed E-state index contributed by atoms with van der Waals surface area (Å²) in [7, 11) is 0. The molecule has 2 rings (SSSR count). The van der Waals surface area contributed by atoms with Crippen LogP contribution in [0, 0.1) is 5.82 Å². The van der Waals surface area contributed by atoms with E-state index in [1.807, 2.05) is 6.92 Å². The molecular formula is C12H11BrClFN4. The van der Waals surface area contributed by atoms with Crippen LogP contribution >= 0.6 is 27.5 Å². The van der Waals surface area contributed by atoms with Crippen LogP contribution in [0.2, 0.25) is 5.02 Å². The average Bonchev–Trinajstić information content (AvgIpc) is 2.40. The first-order chi connectivity index (χ1) is 9.13. The first-order valence-electron chi connectivity index (χ1n) is 5.59. The van der Waals surface area contributed by atoms with Crippen molar-refractivity contribution in [1.82, 2.24) is 9.97 Å². The van der Waals surface area contributed by atoms with E-state index in [-0.39, 0.29) is 10.7 Å². The maximum absolute atomic E-state index is 13.8. The fraction of sp³-hybridized carbons (Fsp3) is 0.167. The number of aromatic nitrogens is 2. The van der Waals surface area contributed by atoms with Gasteiger partial charge in [-0.1, -0.05) is 17.7 Å². The van der Waals surface area contributed by atoms with Crippen molar-refractivity contribution in [3.8, 4) is 0 Å². The zero-order valence-corrected chi connectivity index (χ0v) is 12.4. The summed E-state index contributed by atoms with van der Waals surface area (Å²) in [6.45, 7) is 2.68. The lowest BCUT2D eigenvalue weighted by Crippen LogP contribution is -2.04. The second kappa shape index (κ2) is 6.16. The summed E-state index contributed by atoms with van der Waals surface area (Å²) in [4.78, 5) is 8.15. The Labute approximate surface area is 123 Å². The third kappa shape index (κ3) is 3.13. The van der Waals surface area contributed by atoms with Crippen molar-refractivity contribution in [2.24, 2.45) is 0 Å². The van der Waals surface area contributed by atoms with E-state index in [1.54, 1.807) is 12.1 Å². The molecule has 100 valence electrons. The van der Waals surface area contributed by atoms with E-state index >= 15 is 0 Å². The molecule has 0 aliphatic carbocycles. The van der Waals surface area contributed by atoms with Crippen LogP contribution in [0.5, 0.6) is 0 Å². The third-order valence-electron chi connectivity index (χ3n) is 2.34. The summed E-state index contributed by atoms with van der Waals surface area (Å²) < 4.78 is 14.4. The van der Waals surface area contributed by atoms with E-state index in [1.165, 1.54) is 12.4 Å². The number of hydrogen-bond acceptors (Lipinski definition) is 4. The maximum atomic E-state index is 13.8. The number of halogens is 3. The molecule has 7 heteroatoms. The predicted octanol–water partition coefficient (Wildman–Crippen LogP) is 4.21. The second-order valence-corrected chi connectivity index (χ2v) is 4.84. The minimum atomic E-state index is -0.514. The standard InChI is InChI=1S/C12H11BrClFN4/c1-2-16-11-9(13)12(18-6-17-11)19-8-5-3-4-7(14)10(8)15/h3-6H,2H2,1H3,(H2,16,17,18,19). The van der Waals surface area contributed by atoms with Gasteiger partial charge < -0.3 is 10.6 Å². The number of anilines is 3. The summed E-state index contributed by atoms with van der Waals surface area (Å²) in [6, 6.07) is 4.73. The second-order valence-electron chi connectivity index (χ2n) is 3.64. The van der Waals surface area contributed by atoms with Crippen LogP contribution in [0.25, 0.3) is 0 Å². The summed E-state index contributed by atoms with van der Waals surface area (Å²) >= 11 is 9.11. The fourth-order valence-corrected chi connectivity index (χ4v) is 2.09. The van der Waals surface area contributed by atoms with Gasteiger partial charge in [-0.05, 0) is 35.0 Å². The van der Waals surface area contributed by atoms with E-state index < -0.39 is 5.82 Å². The van der Waals surface area contributed by atoms with E-state index in [4.69, 9.17) is 11.6 Å². The lowest BCUT2D eigenvalue weighted by Gasteiger charge is -2.11. The molecule has 0 aliphatic rings. The molecule has 0 saturated carbocycles. The predicted molar refractivity (Wildman–Crippen MR) is 78.6 cm³/mol. The molecule has 0 spiro atoms. The molecule has 0 unspecified atom stereocenters. The molecule has 0 amide bonds. The first kappa shape index (κ1) is 14.0. The highest BCUT2D eigenvalue weighted by molar-refractivity contribution is 9.10. The van der Waals surface area contributed by atoms with Gasteiger partial charge in [0.15, 0.2) is 5.82 Å². The van der Waals surface area contributed by atoms with Crippen molar-refractivity contribution in [3.63, 3.8) is 0 Å². The molecule has 2 aromatic rings. The number of nitrogens with zero attached hydrogens (tertiary/aromatic N) is 2. The van der Waals surface area contributed by atoms with Crippen LogP contribution in [0.4, 0.5) is 21.7 Å². The molecule has 1 aromatic heterocycles. The van der Waals surface area contributed by atoms with Gasteiger partial charge in [0.05, 0.1) is 10.7 Å². The molecule has 0 radical (unpaired) electrons. The first-order valence-corrected chi connectivity index (χ1v) is 6.76. The minimum absolute atomic E-state index is 0.0575. The van der Waals surface area contributed by atoms with Crippen molar-refractivity contribution in [3.05, 3.63) is 39.8 Å². The van der Waals surface area contributed by atoms with Crippen molar-refractivity contribution in [2.45, 2.75) is 6.92 Å². The highest BCUT2D eigenvalue weighted by Gasteiger charge is 2.11. The SMILES string of the molecule is CCNc1ncnc(Nc2cccc(Cl)c2F)c1Br. The van der Waals surface area contributed by atoms with E-state index in [0.717, 1.165) is 6.54 Å². The van der Waals surface area contributed by atoms with Crippen molar-refractivity contribution in [1.29, 1.82) is 0 Å². The van der Waals surface area contributed by atoms with Crippen LogP contribution < -0.4 is 10.6 Å². The number of hydrogen-bond donors (Lipinski definition) is 2. The Bertz CT molecular complexity index is 594. The number of rotatable bonds is 4. The van der Waals surface area contributed by atoms with E-state index in [2.05, 4.69) is 36.5 Å². The Morgan fingerprint density at radius 3 is 2.79 bits per heavy atom. The van der Waals surface area contributed by atoms with Gasteiger partial charge in [0.1, 0.15) is 22.4 Å². The third-order valence-corrected chi connectivity index (χ3v) is 3.38. The van der Waals surface area contributed by atoms with Gasteiger partial charge in [0.25, 0.3) is 0 Å². The molecular weight excluding hydrogens is 335 g/mol. The zero-order chi connectivity index (χ0) is 13.8. The Kier molecular flexibility index (Phi) is 4.55. The average molecular weight is 346 g/mol. The van der Waals surface area contributed by atoms with Gasteiger partial charge in [0, 0.05) is 6.54 Å². The smallest absolute Gasteiger partial charge is 0.165 e. The lowest BCUT2D eigenvalue weighted by atomic mass is 10.3. The largest absolute Gasteiger partial charge is 0.369 e. The topological polar surface area (TPSA) is 49.8 Å². The molecule has 1 heterocycles. The molecule has 1 aromatic carbocycles. The molecule has 0 aliphatic heterocycles. The van der Waals surface area contributed by atoms with Gasteiger partial charge in [-0.15, -0.1) is 0 Å². The van der Waals surface area contributed by atoms with Gasteiger partial charge in [-0.25, -0.2) is 14.4 Å². The molecule has 0 saturated heterocycles. The molecule has 0 atom stereocenters. The molecule has 0 fully saturated rings. The number of benzene rings is 1. The monoisotopic (exact) mass is 344 g/mol. The van der Waals surface area contributed by atoms with Crippen LogP contribution in [0.1, 0.15) is 6.92 Å². The highest BCUT2D eigenvalue weighted by Crippen LogP contribution is 2.31. The van der Waals surface area contributed by atoms with Crippen LogP contribution in [-0.4, -0.2) is 16.5 Å². The van der Waals surface area contributed by atoms with Crippen molar-refractivity contribution in [2.75, 3.05) is 17.2 Å². The highest BCUT2D eigenvalue weighted by atomic mass is 79.9. The summed E-state index contributed by atoms with van der Waals surface area (Å²) in [6.07, 6.45) is 1.40. The fourth-order valence-electron chi connectivity index (χ4n) is 1.48. The normalized spacial score (nSPS) is 10.3. The van der Waals surface area contributed by atoms with Gasteiger partial charge in [-0.3, -0.25) is 0 Å². The lowest BCUT2D eigenvalue weighted by molar-refractivity contribution is 0.632. The van der Waals surface area contributed by atoms with Crippen LogP contribution in [-0.2, 0) is 0 Å². The summed E-state index contributed by atoms with van der Waals surface area (Å²) in [5, 5.41) is 6.01. The Morgan fingerprint density at radius 1 is 1.32 bits per heavy atom. The zero-order valence-electron chi connectivity index (χ0n) is 10.0. The van der Waals surface area contributed by atoms with Gasteiger partial charge >= 0.3 is 0 Å². The van der Waals surface area contributed by atoms with E-state index in [9.17, 15) is 4.39 Å². The van der Waals surface area contributed by atoms with Crippen LogP contribution in [0.3, 0.4) is 0 Å². The van der Waals surface area contributed by atoms with Crippen LogP contribution in [0.15, 0.2) is 29.0 Å². The molecule has 2 N–H and O–H groups in total.